The van der Waals surface area contributed by atoms with Crippen molar-refractivity contribution in [1.29, 1.82) is 0 Å². The van der Waals surface area contributed by atoms with Gasteiger partial charge in [0.1, 0.15) is 0 Å². The average Bonchev–Trinajstić information content (AvgIpc) is 2.96. The zero-order valence-corrected chi connectivity index (χ0v) is 14.9. The topological polar surface area (TPSA) is 109 Å². The van der Waals surface area contributed by atoms with Gasteiger partial charge in [0.2, 0.25) is 0 Å². The molecule has 1 amide bonds. The van der Waals surface area contributed by atoms with E-state index in [-0.39, 0.29) is 6.54 Å². The van der Waals surface area contributed by atoms with E-state index in [1.54, 1.807) is 6.07 Å². The summed E-state index contributed by atoms with van der Waals surface area (Å²) < 4.78 is 1.24. The van der Waals surface area contributed by atoms with Crippen LogP contribution in [0.15, 0.2) is 24.3 Å². The first-order valence-electron chi connectivity index (χ1n) is 8.54. The molecular weight excluding hydrogens is 348 g/mol. The van der Waals surface area contributed by atoms with Gasteiger partial charge in [-0.15, -0.1) is 0 Å². The van der Waals surface area contributed by atoms with Gasteiger partial charge in [0.15, 0.2) is 0 Å². The fraction of sp³-hybridized carbons (Fsp3) is 0.263. The molecule has 0 spiro atoms. The lowest BCUT2D eigenvalue weighted by molar-refractivity contribution is 0.139. The molecule has 1 aliphatic rings. The van der Waals surface area contributed by atoms with Gasteiger partial charge < -0.3 is 15.1 Å². The first-order valence-corrected chi connectivity index (χ1v) is 8.54. The molecule has 0 fully saturated rings. The van der Waals surface area contributed by atoms with Crippen molar-refractivity contribution in [3.63, 3.8) is 0 Å². The van der Waals surface area contributed by atoms with Gasteiger partial charge in [-0.2, -0.15) is 0 Å². The number of nitrogens with zero attached hydrogens (tertiary/aromatic N) is 4. The van der Waals surface area contributed by atoms with E-state index in [1.807, 2.05) is 32.0 Å². The summed E-state index contributed by atoms with van der Waals surface area (Å²) in [6, 6.07) is 7.23. The molecule has 0 saturated carbocycles. The van der Waals surface area contributed by atoms with Gasteiger partial charge in [0.25, 0.3) is 0 Å². The number of aromatic nitrogens is 3. The van der Waals surface area contributed by atoms with Crippen molar-refractivity contribution in [3.8, 4) is 11.3 Å². The van der Waals surface area contributed by atoms with Gasteiger partial charge in [0, 0.05) is 23.5 Å². The van der Waals surface area contributed by atoms with E-state index >= 15 is 0 Å². The van der Waals surface area contributed by atoms with Crippen LogP contribution < -0.4 is 0 Å². The first-order chi connectivity index (χ1) is 12.8. The summed E-state index contributed by atoms with van der Waals surface area (Å²) in [5.41, 5.74) is 5.48. The van der Waals surface area contributed by atoms with Crippen molar-refractivity contribution >= 4 is 23.2 Å². The number of aryl methyl sites for hydroxylation is 2. The molecule has 0 saturated heterocycles. The Morgan fingerprint density at radius 1 is 1.00 bits per heavy atom. The maximum Gasteiger partial charge on any atom is 0.416 e. The maximum atomic E-state index is 12.0. The molecule has 8 heteroatoms. The van der Waals surface area contributed by atoms with Gasteiger partial charge >= 0.3 is 12.2 Å². The molecule has 0 atom stereocenters. The summed E-state index contributed by atoms with van der Waals surface area (Å²) >= 11 is 0. The Hall–Kier alpha value is -3.42. The van der Waals surface area contributed by atoms with E-state index < -0.39 is 12.2 Å². The third-order valence-corrected chi connectivity index (χ3v) is 4.79. The Kier molecular flexibility index (Phi) is 3.83. The summed E-state index contributed by atoms with van der Waals surface area (Å²) in [6.45, 7) is 4.31. The molecule has 8 nitrogen and oxygen atoms in total. The molecule has 2 N–H and O–H groups in total. The fourth-order valence-corrected chi connectivity index (χ4v) is 3.64. The second kappa shape index (κ2) is 6.08. The standard InChI is InChI=1S/C19H18N4O4/c1-10-5-13(6-11(2)20-10)16-8-14-17(23(16)19(26)27)7-12-3-4-22(18(24)25)9-15(12)21-14/h5-8H,3-4,9H2,1-2H3,(H,24,25)(H,26,27). The van der Waals surface area contributed by atoms with Crippen molar-refractivity contribution in [2.24, 2.45) is 0 Å². The third kappa shape index (κ3) is 2.88. The number of fused-ring (bicyclic) bond motifs is 2. The third-order valence-electron chi connectivity index (χ3n) is 4.79. The zero-order valence-electron chi connectivity index (χ0n) is 14.9. The Bertz CT molecular complexity index is 1080. The molecule has 4 heterocycles. The van der Waals surface area contributed by atoms with E-state index in [4.69, 9.17) is 0 Å². The summed E-state index contributed by atoms with van der Waals surface area (Å²) in [5.74, 6) is 0. The normalized spacial score (nSPS) is 13.6. The average molecular weight is 366 g/mol. The van der Waals surface area contributed by atoms with E-state index in [0.717, 1.165) is 22.5 Å². The maximum absolute atomic E-state index is 12.0. The highest BCUT2D eigenvalue weighted by molar-refractivity contribution is 5.94. The van der Waals surface area contributed by atoms with E-state index in [9.17, 15) is 19.8 Å². The monoisotopic (exact) mass is 366 g/mol. The van der Waals surface area contributed by atoms with Crippen molar-refractivity contribution in [3.05, 3.63) is 46.9 Å². The Balaban J connectivity index is 1.92. The molecule has 3 aromatic rings. The second-order valence-corrected chi connectivity index (χ2v) is 6.74. The molecule has 4 rings (SSSR count). The highest BCUT2D eigenvalue weighted by atomic mass is 16.4. The zero-order chi connectivity index (χ0) is 19.3. The number of hydrogen-bond acceptors (Lipinski definition) is 4. The SMILES string of the molecule is Cc1cc(-c2cc3nc4c(cc3n2C(=O)O)CCN(C(=O)O)C4)cc(C)n1. The van der Waals surface area contributed by atoms with Crippen molar-refractivity contribution in [2.75, 3.05) is 6.54 Å². The van der Waals surface area contributed by atoms with E-state index in [0.29, 0.717) is 35.4 Å². The molecule has 1 aliphatic heterocycles. The van der Waals surface area contributed by atoms with Crippen LogP contribution in [0.3, 0.4) is 0 Å². The lowest BCUT2D eigenvalue weighted by Gasteiger charge is -2.25. The molecule has 0 aromatic carbocycles. The minimum Gasteiger partial charge on any atom is -0.465 e. The first kappa shape index (κ1) is 17.0. The molecule has 138 valence electrons. The summed E-state index contributed by atoms with van der Waals surface area (Å²) in [5, 5.41) is 19.0. The number of rotatable bonds is 1. The molecule has 0 aliphatic carbocycles. The van der Waals surface area contributed by atoms with E-state index in [2.05, 4.69) is 9.97 Å². The summed E-state index contributed by atoms with van der Waals surface area (Å²) in [6.07, 6.45) is -1.55. The van der Waals surface area contributed by atoms with Crippen LogP contribution in [0.4, 0.5) is 9.59 Å². The molecule has 0 unspecified atom stereocenters. The molecule has 0 bridgehead atoms. The molecular formula is C19H18N4O4. The largest absolute Gasteiger partial charge is 0.465 e. The predicted molar refractivity (Wildman–Crippen MR) is 98.0 cm³/mol. The lowest BCUT2D eigenvalue weighted by Crippen LogP contribution is -2.35. The highest BCUT2D eigenvalue weighted by Crippen LogP contribution is 2.31. The Labute approximate surface area is 154 Å². The van der Waals surface area contributed by atoms with Gasteiger partial charge in [-0.3, -0.25) is 4.98 Å². The second-order valence-electron chi connectivity index (χ2n) is 6.74. The smallest absolute Gasteiger partial charge is 0.416 e. The van der Waals surface area contributed by atoms with Crippen LogP contribution >= 0.6 is 0 Å². The minimum atomic E-state index is -1.09. The van der Waals surface area contributed by atoms with Gasteiger partial charge in [-0.25, -0.2) is 19.1 Å². The number of amides is 1. The van der Waals surface area contributed by atoms with Crippen LogP contribution in [0.25, 0.3) is 22.3 Å². The summed E-state index contributed by atoms with van der Waals surface area (Å²) in [4.78, 5) is 33.4. The van der Waals surface area contributed by atoms with Gasteiger partial charge in [0.05, 0.1) is 29.0 Å². The Morgan fingerprint density at radius 3 is 2.33 bits per heavy atom. The van der Waals surface area contributed by atoms with Crippen LogP contribution in [0.5, 0.6) is 0 Å². The molecule has 3 aromatic heterocycles. The number of hydrogen-bond donors (Lipinski definition) is 2. The van der Waals surface area contributed by atoms with Crippen molar-refractivity contribution in [2.45, 2.75) is 26.8 Å². The number of pyridine rings is 2. The van der Waals surface area contributed by atoms with Crippen LogP contribution in [0, 0.1) is 13.8 Å². The van der Waals surface area contributed by atoms with Crippen molar-refractivity contribution in [1.82, 2.24) is 19.4 Å². The van der Waals surface area contributed by atoms with Crippen molar-refractivity contribution < 1.29 is 19.8 Å². The van der Waals surface area contributed by atoms with Gasteiger partial charge in [-0.05, 0) is 50.1 Å². The lowest BCUT2D eigenvalue weighted by atomic mass is 10.0. The highest BCUT2D eigenvalue weighted by Gasteiger charge is 2.24. The number of carbonyl (C=O) groups is 2. The van der Waals surface area contributed by atoms with Gasteiger partial charge in [-0.1, -0.05) is 0 Å². The number of carboxylic acid groups (broad SMARTS) is 2. The summed E-state index contributed by atoms with van der Waals surface area (Å²) in [7, 11) is 0. The quantitative estimate of drug-likeness (QED) is 0.684. The molecule has 0 radical (unpaired) electrons. The van der Waals surface area contributed by atoms with Crippen LogP contribution in [-0.4, -0.2) is 48.4 Å². The minimum absolute atomic E-state index is 0.210. The van der Waals surface area contributed by atoms with Crippen LogP contribution in [0.2, 0.25) is 0 Å². The van der Waals surface area contributed by atoms with Crippen LogP contribution in [-0.2, 0) is 13.0 Å². The van der Waals surface area contributed by atoms with E-state index in [1.165, 1.54) is 9.47 Å². The van der Waals surface area contributed by atoms with Crippen LogP contribution in [0.1, 0.15) is 22.6 Å². The fourth-order valence-electron chi connectivity index (χ4n) is 3.64. The molecule has 27 heavy (non-hydrogen) atoms. The Morgan fingerprint density at radius 2 is 1.70 bits per heavy atom. The predicted octanol–water partition coefficient (Wildman–Crippen LogP) is 3.28.